The number of aliphatic hydroxyl groups is 3. The number of primary amides is 1. The predicted octanol–water partition coefficient (Wildman–Crippen LogP) is 0.135. The fraction of sp³-hybridized carbons (Fsp3) is 0.478. The molecule has 13 heteroatoms. The highest BCUT2D eigenvalue weighted by molar-refractivity contribution is 6.16. The van der Waals surface area contributed by atoms with E-state index in [1.54, 1.807) is 14.0 Å². The van der Waals surface area contributed by atoms with Crippen LogP contribution in [0.3, 0.4) is 0 Å². The zero-order valence-corrected chi connectivity index (χ0v) is 21.1. The monoisotopic (exact) mass is 545 g/mol. The first kappa shape index (κ1) is 29.5. The highest BCUT2D eigenvalue weighted by atomic mass is 35.5. The van der Waals surface area contributed by atoms with Crippen molar-refractivity contribution in [1.82, 2.24) is 5.32 Å². The Labute approximate surface area is 218 Å². The van der Waals surface area contributed by atoms with Crippen molar-refractivity contribution in [1.29, 1.82) is 0 Å². The molecule has 0 aliphatic heterocycles. The molecule has 1 aromatic carbocycles. The molecule has 6 atom stereocenters. The largest absolute Gasteiger partial charge is 0.508 e. The second-order valence-electron chi connectivity index (χ2n) is 9.22. The van der Waals surface area contributed by atoms with Crippen LogP contribution in [0.25, 0.3) is 0 Å². The van der Waals surface area contributed by atoms with Crippen LogP contribution in [0.1, 0.15) is 35.7 Å². The van der Waals surface area contributed by atoms with Gasteiger partial charge in [-0.05, 0) is 38.4 Å². The summed E-state index contributed by atoms with van der Waals surface area (Å²) >= 11 is 0. The van der Waals surface area contributed by atoms with Crippen molar-refractivity contribution in [2.24, 2.45) is 23.5 Å². The molecule has 3 aliphatic rings. The van der Waals surface area contributed by atoms with E-state index in [-0.39, 0.29) is 54.5 Å². The van der Waals surface area contributed by atoms with Crippen molar-refractivity contribution in [3.05, 3.63) is 34.6 Å². The number of phenols is 1. The van der Waals surface area contributed by atoms with Gasteiger partial charge in [-0.3, -0.25) is 19.2 Å². The first-order valence-corrected chi connectivity index (χ1v) is 11.0. The minimum Gasteiger partial charge on any atom is -0.508 e. The van der Waals surface area contributed by atoms with Gasteiger partial charge in [-0.2, -0.15) is 0 Å². The van der Waals surface area contributed by atoms with Crippen LogP contribution in [0.4, 0.5) is 5.69 Å². The van der Waals surface area contributed by atoms with Crippen LogP contribution < -0.4 is 16.4 Å². The summed E-state index contributed by atoms with van der Waals surface area (Å²) in [7, 11) is 1.58. The van der Waals surface area contributed by atoms with Crippen molar-refractivity contribution < 1.29 is 39.6 Å². The van der Waals surface area contributed by atoms with Crippen molar-refractivity contribution >= 4 is 53.9 Å². The number of fused-ring (bicyclic) bond motifs is 3. The molecule has 1 saturated carbocycles. The van der Waals surface area contributed by atoms with Gasteiger partial charge in [-0.25, -0.2) is 0 Å². The van der Waals surface area contributed by atoms with Gasteiger partial charge in [0.25, 0.3) is 0 Å². The van der Waals surface area contributed by atoms with Crippen molar-refractivity contribution in [2.45, 2.75) is 43.9 Å². The number of halogens is 2. The Bertz CT molecular complexity index is 1160. The molecule has 198 valence electrons. The van der Waals surface area contributed by atoms with Crippen LogP contribution in [0.5, 0.6) is 5.75 Å². The number of carbonyl (C=O) groups is 4. The smallest absolute Gasteiger partial charge is 0.241 e. The number of aromatic hydroxyl groups is 1. The number of aliphatic hydroxyl groups excluding tert-OH is 2. The second-order valence-corrected chi connectivity index (χ2v) is 9.22. The Morgan fingerprint density at radius 2 is 1.81 bits per heavy atom. The maximum absolute atomic E-state index is 13.5. The molecule has 6 unspecified atom stereocenters. The van der Waals surface area contributed by atoms with Crippen molar-refractivity contribution in [2.75, 3.05) is 12.4 Å². The number of ketones is 2. The lowest BCUT2D eigenvalue weighted by molar-refractivity contribution is -0.163. The number of likely N-dealkylation sites (N-methyl/N-ethyl adjacent to an activating group) is 1. The standard InChI is InChI=1S/C23H27N3O8.2ClH/c1-8(25-2)22(33)26-13-4-3-9-5-11-16(21(24)32)12-6-10(27)7-14(28)23(12,34)20(31)17(11)19(30)15(9)18(13)29;;/h3-4,8,10-12,16,25,27,29,31,34H,5-7H2,1-2H3,(H2,24,32)(H,26,33);2*1H. The molecule has 1 aromatic rings. The molecule has 3 aliphatic carbocycles. The summed E-state index contributed by atoms with van der Waals surface area (Å²) in [6.45, 7) is 1.60. The van der Waals surface area contributed by atoms with Crippen LogP contribution in [0.15, 0.2) is 23.5 Å². The van der Waals surface area contributed by atoms with E-state index in [0.29, 0.717) is 5.56 Å². The molecule has 2 amide bonds. The Kier molecular flexibility index (Phi) is 8.49. The maximum atomic E-state index is 13.5. The minimum absolute atomic E-state index is 0. The lowest BCUT2D eigenvalue weighted by Crippen LogP contribution is -2.63. The number of hydrogen-bond donors (Lipinski definition) is 7. The average molecular weight is 546 g/mol. The normalized spacial score (nSPS) is 29.6. The number of benzene rings is 1. The fourth-order valence-electron chi connectivity index (χ4n) is 5.48. The van der Waals surface area contributed by atoms with E-state index in [9.17, 15) is 39.6 Å². The van der Waals surface area contributed by atoms with E-state index in [1.165, 1.54) is 12.1 Å². The topological polar surface area (TPSA) is 199 Å². The van der Waals surface area contributed by atoms with Gasteiger partial charge in [0.1, 0.15) is 5.76 Å². The van der Waals surface area contributed by atoms with Crippen LogP contribution in [0, 0.1) is 17.8 Å². The molecule has 1 fully saturated rings. The fourth-order valence-corrected chi connectivity index (χ4v) is 5.48. The summed E-state index contributed by atoms with van der Waals surface area (Å²) in [4.78, 5) is 51.0. The third-order valence-corrected chi connectivity index (χ3v) is 7.35. The van der Waals surface area contributed by atoms with Gasteiger partial charge in [0.2, 0.25) is 11.8 Å². The number of allylic oxidation sites excluding steroid dienone is 1. The van der Waals surface area contributed by atoms with Crippen molar-refractivity contribution in [3.8, 4) is 5.75 Å². The summed E-state index contributed by atoms with van der Waals surface area (Å²) in [5.41, 5.74) is 2.81. The second kappa shape index (κ2) is 10.3. The average Bonchev–Trinajstić information content (AvgIpc) is 2.77. The number of Topliss-reactive ketones (excluding diaryl/α,β-unsaturated/α-hetero) is 2. The molecular weight excluding hydrogens is 517 g/mol. The van der Waals surface area contributed by atoms with Crippen LogP contribution >= 0.6 is 24.8 Å². The molecule has 8 N–H and O–H groups in total. The number of anilines is 1. The van der Waals surface area contributed by atoms with Gasteiger partial charge in [-0.15, -0.1) is 24.8 Å². The minimum atomic E-state index is -2.55. The van der Waals surface area contributed by atoms with Gasteiger partial charge in [-0.1, -0.05) is 6.07 Å². The lowest BCUT2D eigenvalue weighted by atomic mass is 9.55. The summed E-state index contributed by atoms with van der Waals surface area (Å²) in [6, 6.07) is 2.35. The van der Waals surface area contributed by atoms with E-state index in [1.807, 2.05) is 0 Å². The maximum Gasteiger partial charge on any atom is 0.241 e. The number of nitrogens with one attached hydrogen (secondary N) is 2. The first-order valence-electron chi connectivity index (χ1n) is 11.0. The van der Waals surface area contributed by atoms with Crippen LogP contribution in [-0.4, -0.2) is 68.6 Å². The number of rotatable bonds is 4. The molecule has 0 bridgehead atoms. The third-order valence-electron chi connectivity index (χ3n) is 7.35. The summed E-state index contributed by atoms with van der Waals surface area (Å²) in [5, 5.41) is 48.5. The zero-order chi connectivity index (χ0) is 25.1. The van der Waals surface area contributed by atoms with Gasteiger partial charge in [0.15, 0.2) is 22.9 Å². The Balaban J connectivity index is 0.00000228. The number of hydrogen-bond acceptors (Lipinski definition) is 9. The van der Waals surface area contributed by atoms with Gasteiger partial charge in [0, 0.05) is 23.8 Å². The number of phenolic OH excluding ortho intramolecular Hbond substituents is 1. The predicted molar refractivity (Wildman–Crippen MR) is 132 cm³/mol. The highest BCUT2D eigenvalue weighted by Crippen LogP contribution is 2.53. The molecule has 36 heavy (non-hydrogen) atoms. The number of nitrogens with two attached hydrogens (primary N) is 1. The molecule has 0 heterocycles. The Hall–Kier alpha value is -2.70. The van der Waals surface area contributed by atoms with Crippen LogP contribution in [-0.2, 0) is 20.8 Å². The Morgan fingerprint density at radius 1 is 1.17 bits per heavy atom. The first-order chi connectivity index (χ1) is 15.9. The molecule has 0 aromatic heterocycles. The van der Waals surface area contributed by atoms with Gasteiger partial charge >= 0.3 is 0 Å². The summed E-state index contributed by atoms with van der Waals surface area (Å²) in [6.07, 6.45) is -1.75. The van der Waals surface area contributed by atoms with Gasteiger partial charge in [0.05, 0.1) is 29.3 Å². The molecule has 0 radical (unpaired) electrons. The molecule has 0 saturated heterocycles. The molecular formula is C23H29Cl2N3O8. The molecule has 0 spiro atoms. The van der Waals surface area contributed by atoms with Gasteiger partial charge < -0.3 is 36.8 Å². The lowest BCUT2D eigenvalue weighted by Gasteiger charge is -2.50. The summed E-state index contributed by atoms with van der Waals surface area (Å²) < 4.78 is 0. The third kappa shape index (κ3) is 4.24. The van der Waals surface area contributed by atoms with E-state index >= 15 is 0 Å². The van der Waals surface area contributed by atoms with E-state index in [0.717, 1.165) is 0 Å². The van der Waals surface area contributed by atoms with E-state index in [2.05, 4.69) is 10.6 Å². The van der Waals surface area contributed by atoms with E-state index in [4.69, 9.17) is 5.73 Å². The summed E-state index contributed by atoms with van der Waals surface area (Å²) in [5.74, 6) is -7.96. The molecule has 11 nitrogen and oxygen atoms in total. The Morgan fingerprint density at radius 3 is 2.39 bits per heavy atom. The number of carbonyl (C=O) groups excluding carboxylic acids is 4. The molecule has 4 rings (SSSR count). The SMILES string of the molecule is CNC(C)C(=O)Nc1ccc2c(c1O)C(=O)C1=C(O)C3(O)C(=O)CC(O)CC3C(C(N)=O)C1C2.Cl.Cl. The highest BCUT2D eigenvalue weighted by Gasteiger charge is 2.63. The number of amides is 2. The van der Waals surface area contributed by atoms with Crippen LogP contribution in [0.2, 0.25) is 0 Å². The van der Waals surface area contributed by atoms with Crippen molar-refractivity contribution in [3.63, 3.8) is 0 Å². The van der Waals surface area contributed by atoms with E-state index < -0.39 is 76.8 Å². The zero-order valence-electron chi connectivity index (χ0n) is 19.5. The quantitative estimate of drug-likeness (QED) is 0.257.